The van der Waals surface area contributed by atoms with Gasteiger partial charge in [-0.05, 0) is 65.6 Å². The number of fused-ring (bicyclic) bond motifs is 3. The van der Waals surface area contributed by atoms with E-state index in [2.05, 4.69) is 44.0 Å². The number of nitriles is 1. The number of carbonyl (C=O) groups excluding carboxylic acids is 6. The molecule has 5 heterocycles. The van der Waals surface area contributed by atoms with Gasteiger partial charge in [0.1, 0.15) is 24.0 Å². The fraction of sp³-hybridized carbons (Fsp3) is 0.419. The van der Waals surface area contributed by atoms with Crippen molar-refractivity contribution in [2.45, 2.75) is 78.4 Å². The van der Waals surface area contributed by atoms with Gasteiger partial charge in [-0.1, -0.05) is 39.3 Å². The normalized spacial score (nSPS) is 24.7. The minimum atomic E-state index is -0.996. The molecule has 3 fully saturated rings. The van der Waals surface area contributed by atoms with Gasteiger partial charge in [-0.15, -0.1) is 0 Å². The molecule has 1 atom stereocenters. The van der Waals surface area contributed by atoms with Crippen LogP contribution in [0.15, 0.2) is 48.5 Å². The Bertz CT molecular complexity index is 2340. The summed E-state index contributed by atoms with van der Waals surface area (Å²) in [5.74, 6) is -1.36. The van der Waals surface area contributed by atoms with Crippen LogP contribution in [0.1, 0.15) is 104 Å². The third kappa shape index (κ3) is 5.75. The smallest absolute Gasteiger partial charge is 0.262 e. The van der Waals surface area contributed by atoms with Gasteiger partial charge in [0.25, 0.3) is 23.6 Å². The first kappa shape index (κ1) is 37.0. The van der Waals surface area contributed by atoms with E-state index in [0.717, 1.165) is 28.1 Å². The molecule has 1 N–H and O–H groups in total. The summed E-state index contributed by atoms with van der Waals surface area (Å²) in [6, 6.07) is 14.9. The molecule has 57 heavy (non-hydrogen) atoms. The molecule has 14 heteroatoms. The molecule has 6 amide bonds. The molecule has 0 spiro atoms. The highest BCUT2D eigenvalue weighted by atomic mass is 35.5. The van der Waals surface area contributed by atoms with Crippen LogP contribution in [-0.2, 0) is 29.2 Å². The van der Waals surface area contributed by atoms with Crippen LogP contribution in [0, 0.1) is 28.1 Å². The standard InChI is InChI=1S/C43H41ClN6O7/c1-42(2)40(43(3,4)41(42)57-28-7-5-24(15-45)32(44)14-28)49-21-27-11-23(6-8-29(27)37(49)54)36(53)48-17-22(18-48)16-47-19-25-12-30-31(13-26(25)20-47)39(56)50(38(30)55)33-9-10-34(51)46-35(33)52/h5-8,11-14,22,33,40-41H,9-10,16-21H2,1-4H3,(H,46,51,52)/t33?,40-,41-. The van der Waals surface area contributed by atoms with Crippen LogP contribution < -0.4 is 10.1 Å². The van der Waals surface area contributed by atoms with Gasteiger partial charge >= 0.3 is 0 Å². The van der Waals surface area contributed by atoms with E-state index in [-0.39, 0.29) is 53.8 Å². The zero-order chi connectivity index (χ0) is 40.3. The maximum Gasteiger partial charge on any atom is 0.262 e. The second-order valence-corrected chi connectivity index (χ2v) is 17.9. The van der Waals surface area contributed by atoms with Crippen molar-refractivity contribution in [3.05, 3.63) is 98.1 Å². The third-order valence-electron chi connectivity index (χ3n) is 12.9. The number of halogens is 1. The zero-order valence-electron chi connectivity index (χ0n) is 32.1. The lowest BCUT2D eigenvalue weighted by Gasteiger charge is -2.65. The number of piperidine rings is 1. The summed E-state index contributed by atoms with van der Waals surface area (Å²) in [6.45, 7) is 11.9. The number of amides is 6. The summed E-state index contributed by atoms with van der Waals surface area (Å²) in [7, 11) is 0. The SMILES string of the molecule is CC1(C)[C@H](Oc2ccc(C#N)c(Cl)c2)C(C)(C)[C@H]1N1Cc2cc(C(=O)N3CC(CN4Cc5cc6c(cc5C4)C(=O)N(C4CCC(=O)NC4=O)C6=O)C3)ccc2C1=O. The van der Waals surface area contributed by atoms with Gasteiger partial charge in [0.2, 0.25) is 11.8 Å². The van der Waals surface area contributed by atoms with Gasteiger partial charge in [0.15, 0.2) is 0 Å². The lowest BCUT2D eigenvalue weighted by Crippen LogP contribution is -2.74. The summed E-state index contributed by atoms with van der Waals surface area (Å²) in [5, 5.41) is 11.8. The molecule has 0 aromatic heterocycles. The number of likely N-dealkylation sites (tertiary alicyclic amines) is 1. The Morgan fingerprint density at radius 2 is 1.53 bits per heavy atom. The van der Waals surface area contributed by atoms with Crippen molar-refractivity contribution in [3.8, 4) is 11.8 Å². The topological polar surface area (TPSA) is 160 Å². The van der Waals surface area contributed by atoms with E-state index in [1.165, 1.54) is 0 Å². The number of carbonyl (C=O) groups is 6. The molecule has 0 radical (unpaired) electrons. The van der Waals surface area contributed by atoms with Crippen LogP contribution in [0.4, 0.5) is 0 Å². The van der Waals surface area contributed by atoms with Gasteiger partial charge in [-0.25, -0.2) is 0 Å². The molecule has 1 aliphatic carbocycles. The predicted octanol–water partition coefficient (Wildman–Crippen LogP) is 4.54. The molecule has 9 rings (SSSR count). The van der Waals surface area contributed by atoms with Crippen molar-refractivity contribution >= 4 is 47.0 Å². The Morgan fingerprint density at radius 3 is 2.14 bits per heavy atom. The molecule has 292 valence electrons. The quantitative estimate of drug-likeness (QED) is 0.339. The number of nitrogens with one attached hydrogen (secondary N) is 1. The van der Waals surface area contributed by atoms with E-state index in [1.54, 1.807) is 42.5 Å². The van der Waals surface area contributed by atoms with Crippen LogP contribution in [0.3, 0.4) is 0 Å². The second-order valence-electron chi connectivity index (χ2n) is 17.5. The lowest BCUT2D eigenvalue weighted by molar-refractivity contribution is -0.199. The first-order chi connectivity index (χ1) is 27.1. The van der Waals surface area contributed by atoms with Crippen LogP contribution in [-0.4, -0.2) is 92.9 Å². The fourth-order valence-corrected chi connectivity index (χ4v) is 10.9. The molecule has 2 saturated heterocycles. The Kier molecular flexibility index (Phi) is 8.43. The van der Waals surface area contributed by atoms with Crippen molar-refractivity contribution in [1.29, 1.82) is 5.26 Å². The molecule has 3 aromatic rings. The Balaban J connectivity index is 0.801. The average molecular weight is 789 g/mol. The van der Waals surface area contributed by atoms with E-state index in [0.29, 0.717) is 60.2 Å². The predicted molar refractivity (Wildman–Crippen MR) is 205 cm³/mol. The van der Waals surface area contributed by atoms with E-state index >= 15 is 0 Å². The highest BCUT2D eigenvalue weighted by Crippen LogP contribution is 2.59. The Hall–Kier alpha value is -5.58. The van der Waals surface area contributed by atoms with E-state index < -0.39 is 40.5 Å². The van der Waals surface area contributed by atoms with Crippen molar-refractivity contribution < 1.29 is 33.5 Å². The molecule has 13 nitrogen and oxygen atoms in total. The molecule has 1 saturated carbocycles. The summed E-state index contributed by atoms with van der Waals surface area (Å²) < 4.78 is 6.45. The number of rotatable bonds is 7. The molecule has 3 aromatic carbocycles. The lowest BCUT2D eigenvalue weighted by atomic mass is 9.49. The molecular weight excluding hydrogens is 748 g/mol. The van der Waals surface area contributed by atoms with Gasteiger partial charge in [0, 0.05) is 85.7 Å². The molecule has 0 bridgehead atoms. The van der Waals surface area contributed by atoms with E-state index in [1.807, 2.05) is 15.9 Å². The van der Waals surface area contributed by atoms with Crippen LogP contribution in [0.25, 0.3) is 0 Å². The minimum Gasteiger partial charge on any atom is -0.489 e. The third-order valence-corrected chi connectivity index (χ3v) is 13.2. The molecule has 6 aliphatic rings. The highest BCUT2D eigenvalue weighted by molar-refractivity contribution is 6.31. The Morgan fingerprint density at radius 1 is 0.860 bits per heavy atom. The van der Waals surface area contributed by atoms with Gasteiger partial charge in [-0.2, -0.15) is 5.26 Å². The van der Waals surface area contributed by atoms with Gasteiger partial charge in [-0.3, -0.25) is 43.9 Å². The van der Waals surface area contributed by atoms with Crippen LogP contribution >= 0.6 is 11.6 Å². The number of benzene rings is 3. The van der Waals surface area contributed by atoms with E-state index in [4.69, 9.17) is 16.3 Å². The monoisotopic (exact) mass is 788 g/mol. The maximum atomic E-state index is 13.8. The first-order valence-electron chi connectivity index (χ1n) is 19.3. The van der Waals surface area contributed by atoms with Crippen molar-refractivity contribution in [2.75, 3.05) is 19.6 Å². The first-order valence-corrected chi connectivity index (χ1v) is 19.6. The minimum absolute atomic E-state index is 0.0590. The summed E-state index contributed by atoms with van der Waals surface area (Å²) in [5.41, 5.74) is 4.05. The summed E-state index contributed by atoms with van der Waals surface area (Å²) in [6.07, 6.45) is -0.0412. The van der Waals surface area contributed by atoms with Crippen LogP contribution in [0.5, 0.6) is 5.75 Å². The van der Waals surface area contributed by atoms with Gasteiger partial charge < -0.3 is 14.5 Å². The number of ether oxygens (including phenoxy) is 1. The zero-order valence-corrected chi connectivity index (χ0v) is 32.8. The largest absolute Gasteiger partial charge is 0.489 e. The highest BCUT2D eigenvalue weighted by Gasteiger charge is 2.67. The van der Waals surface area contributed by atoms with E-state index in [9.17, 15) is 34.0 Å². The van der Waals surface area contributed by atoms with Gasteiger partial charge in [0.05, 0.1) is 21.7 Å². The number of nitrogens with zero attached hydrogens (tertiary/aromatic N) is 5. The number of hydrogen-bond donors (Lipinski definition) is 1. The molecule has 5 aliphatic heterocycles. The number of hydrogen-bond acceptors (Lipinski definition) is 9. The summed E-state index contributed by atoms with van der Waals surface area (Å²) in [4.78, 5) is 85.1. The fourth-order valence-electron chi connectivity index (χ4n) is 10.7. The second kappa shape index (κ2) is 13.0. The average Bonchev–Trinajstić information content (AvgIpc) is 3.77. The van der Waals surface area contributed by atoms with Crippen molar-refractivity contribution in [3.63, 3.8) is 0 Å². The maximum absolute atomic E-state index is 13.8. The van der Waals surface area contributed by atoms with Crippen molar-refractivity contribution in [1.82, 2.24) is 24.9 Å². The Labute approximate surface area is 334 Å². The summed E-state index contributed by atoms with van der Waals surface area (Å²) >= 11 is 6.28. The van der Waals surface area contributed by atoms with Crippen molar-refractivity contribution in [2.24, 2.45) is 16.7 Å². The number of imide groups is 2. The van der Waals surface area contributed by atoms with Crippen LogP contribution in [0.2, 0.25) is 5.02 Å². The molecule has 1 unspecified atom stereocenters. The molecular formula is C43H41ClN6O7.